The fraction of sp³-hybridized carbons (Fsp3) is 0.500. The Labute approximate surface area is 118 Å². The molecule has 0 radical (unpaired) electrons. The molecule has 0 aromatic heterocycles. The second-order valence-electron chi connectivity index (χ2n) is 4.98. The van der Waals surface area contributed by atoms with Gasteiger partial charge in [-0.15, -0.1) is 0 Å². The van der Waals surface area contributed by atoms with E-state index in [2.05, 4.69) is 5.32 Å². The SMILES string of the molecule is Cc1cc(N)c(Cl)cc1NCC(=O)N1CCCCC1. The number of halogens is 1. The number of piperidine rings is 1. The first kappa shape index (κ1) is 14.0. The van der Waals surface area contributed by atoms with Crippen molar-refractivity contribution in [3.8, 4) is 0 Å². The van der Waals surface area contributed by atoms with Gasteiger partial charge in [0.15, 0.2) is 0 Å². The van der Waals surface area contributed by atoms with Crippen molar-refractivity contribution in [1.29, 1.82) is 0 Å². The molecule has 2 rings (SSSR count). The van der Waals surface area contributed by atoms with Crippen LogP contribution in [0.3, 0.4) is 0 Å². The number of hydrogen-bond acceptors (Lipinski definition) is 3. The Morgan fingerprint density at radius 2 is 2.05 bits per heavy atom. The smallest absolute Gasteiger partial charge is 0.241 e. The van der Waals surface area contributed by atoms with E-state index in [0.717, 1.165) is 37.2 Å². The van der Waals surface area contributed by atoms with Crippen molar-refractivity contribution in [2.24, 2.45) is 0 Å². The van der Waals surface area contributed by atoms with Crippen molar-refractivity contribution >= 4 is 28.9 Å². The number of nitrogens with zero attached hydrogens (tertiary/aromatic N) is 1. The summed E-state index contributed by atoms with van der Waals surface area (Å²) in [7, 11) is 0. The second-order valence-corrected chi connectivity index (χ2v) is 5.39. The van der Waals surface area contributed by atoms with Gasteiger partial charge in [-0.25, -0.2) is 0 Å². The Morgan fingerprint density at radius 3 is 2.74 bits per heavy atom. The Hall–Kier alpha value is -1.42. The van der Waals surface area contributed by atoms with Crippen molar-refractivity contribution in [2.45, 2.75) is 26.2 Å². The maximum absolute atomic E-state index is 12.0. The topological polar surface area (TPSA) is 58.4 Å². The molecule has 1 aromatic carbocycles. The average Bonchev–Trinajstić information content (AvgIpc) is 2.42. The van der Waals surface area contributed by atoms with Gasteiger partial charge in [-0.1, -0.05) is 11.6 Å². The van der Waals surface area contributed by atoms with E-state index in [1.807, 2.05) is 17.9 Å². The van der Waals surface area contributed by atoms with Crippen molar-refractivity contribution in [3.05, 3.63) is 22.7 Å². The summed E-state index contributed by atoms with van der Waals surface area (Å²) in [4.78, 5) is 14.0. The third kappa shape index (κ3) is 3.53. The molecule has 1 aromatic rings. The van der Waals surface area contributed by atoms with E-state index in [9.17, 15) is 4.79 Å². The lowest BCUT2D eigenvalue weighted by Gasteiger charge is -2.27. The van der Waals surface area contributed by atoms with Crippen LogP contribution in [0.15, 0.2) is 12.1 Å². The molecular weight excluding hydrogens is 262 g/mol. The van der Waals surface area contributed by atoms with Crippen LogP contribution in [-0.4, -0.2) is 30.4 Å². The van der Waals surface area contributed by atoms with E-state index in [1.165, 1.54) is 6.42 Å². The number of amides is 1. The molecule has 5 heteroatoms. The van der Waals surface area contributed by atoms with Gasteiger partial charge >= 0.3 is 0 Å². The zero-order valence-electron chi connectivity index (χ0n) is 11.2. The standard InChI is InChI=1S/C14H20ClN3O/c1-10-7-12(16)11(15)8-13(10)17-9-14(19)18-5-3-2-4-6-18/h7-8,17H,2-6,9,16H2,1H3. The molecule has 4 nitrogen and oxygen atoms in total. The minimum Gasteiger partial charge on any atom is -0.398 e. The van der Waals surface area contributed by atoms with Crippen LogP contribution >= 0.6 is 11.6 Å². The average molecular weight is 282 g/mol. The number of nitrogens with one attached hydrogen (secondary N) is 1. The lowest BCUT2D eigenvalue weighted by Crippen LogP contribution is -2.39. The zero-order chi connectivity index (χ0) is 13.8. The van der Waals surface area contributed by atoms with Crippen LogP contribution in [0.25, 0.3) is 0 Å². The fourth-order valence-corrected chi connectivity index (χ4v) is 2.48. The van der Waals surface area contributed by atoms with Crippen LogP contribution in [0.1, 0.15) is 24.8 Å². The maximum Gasteiger partial charge on any atom is 0.241 e. The molecule has 1 saturated heterocycles. The first-order chi connectivity index (χ1) is 9.08. The van der Waals surface area contributed by atoms with Crippen molar-refractivity contribution < 1.29 is 4.79 Å². The summed E-state index contributed by atoms with van der Waals surface area (Å²) in [6, 6.07) is 3.59. The number of aryl methyl sites for hydroxylation is 1. The number of likely N-dealkylation sites (tertiary alicyclic amines) is 1. The van der Waals surface area contributed by atoms with Gasteiger partial charge in [-0.3, -0.25) is 4.79 Å². The number of carbonyl (C=O) groups is 1. The summed E-state index contributed by atoms with van der Waals surface area (Å²) in [6.07, 6.45) is 3.45. The number of hydrogen-bond donors (Lipinski definition) is 2. The third-order valence-electron chi connectivity index (χ3n) is 3.48. The van der Waals surface area contributed by atoms with Crippen molar-refractivity contribution in [3.63, 3.8) is 0 Å². The van der Waals surface area contributed by atoms with Crippen molar-refractivity contribution in [2.75, 3.05) is 30.7 Å². The van der Waals surface area contributed by atoms with Crippen LogP contribution in [0.2, 0.25) is 5.02 Å². The van der Waals surface area contributed by atoms with Crippen LogP contribution in [0.5, 0.6) is 0 Å². The molecule has 1 heterocycles. The Balaban J connectivity index is 1.94. The summed E-state index contributed by atoms with van der Waals surface area (Å²) in [6.45, 7) is 4.01. The fourth-order valence-electron chi connectivity index (χ4n) is 2.32. The lowest BCUT2D eigenvalue weighted by atomic mass is 10.1. The highest BCUT2D eigenvalue weighted by molar-refractivity contribution is 6.33. The molecule has 0 aliphatic carbocycles. The molecule has 0 unspecified atom stereocenters. The van der Waals surface area contributed by atoms with Crippen LogP contribution < -0.4 is 11.1 Å². The van der Waals surface area contributed by atoms with Crippen LogP contribution in [0, 0.1) is 6.92 Å². The van der Waals surface area contributed by atoms with Gasteiger partial charge < -0.3 is 16.0 Å². The molecular formula is C14H20ClN3O. The number of anilines is 2. The van der Waals surface area contributed by atoms with E-state index < -0.39 is 0 Å². The Bertz CT molecular complexity index is 470. The van der Waals surface area contributed by atoms with E-state index in [4.69, 9.17) is 17.3 Å². The van der Waals surface area contributed by atoms with E-state index >= 15 is 0 Å². The number of nitrogen functional groups attached to an aromatic ring is 1. The molecule has 0 atom stereocenters. The predicted molar refractivity (Wildman–Crippen MR) is 79.5 cm³/mol. The molecule has 1 aliphatic heterocycles. The predicted octanol–water partition coefficient (Wildman–Crippen LogP) is 2.66. The highest BCUT2D eigenvalue weighted by atomic mass is 35.5. The summed E-state index contributed by atoms with van der Waals surface area (Å²) in [5, 5.41) is 3.66. The van der Waals surface area contributed by atoms with E-state index in [-0.39, 0.29) is 5.91 Å². The van der Waals surface area contributed by atoms with Crippen LogP contribution in [0.4, 0.5) is 11.4 Å². The molecule has 1 fully saturated rings. The van der Waals surface area contributed by atoms with Crippen LogP contribution in [-0.2, 0) is 4.79 Å². The van der Waals surface area contributed by atoms with Gasteiger partial charge in [0.2, 0.25) is 5.91 Å². The van der Waals surface area contributed by atoms with Gasteiger partial charge in [0.25, 0.3) is 0 Å². The number of carbonyl (C=O) groups excluding carboxylic acids is 1. The maximum atomic E-state index is 12.0. The summed E-state index contributed by atoms with van der Waals surface area (Å²) >= 11 is 5.99. The highest BCUT2D eigenvalue weighted by Crippen LogP contribution is 2.26. The monoisotopic (exact) mass is 281 g/mol. The first-order valence-electron chi connectivity index (χ1n) is 6.65. The first-order valence-corrected chi connectivity index (χ1v) is 7.03. The number of benzene rings is 1. The van der Waals surface area contributed by atoms with Crippen molar-refractivity contribution in [1.82, 2.24) is 4.90 Å². The molecule has 0 spiro atoms. The summed E-state index contributed by atoms with van der Waals surface area (Å²) in [5.74, 6) is 0.145. The molecule has 1 aliphatic rings. The van der Waals surface area contributed by atoms with Gasteiger partial charge in [0, 0.05) is 18.8 Å². The molecule has 0 saturated carbocycles. The number of nitrogens with two attached hydrogens (primary N) is 1. The lowest BCUT2D eigenvalue weighted by molar-refractivity contribution is -0.130. The summed E-state index contributed by atoms with van der Waals surface area (Å²) in [5.41, 5.74) is 8.15. The molecule has 1 amide bonds. The highest BCUT2D eigenvalue weighted by Gasteiger charge is 2.16. The Kier molecular flexibility index (Phi) is 4.53. The second kappa shape index (κ2) is 6.15. The minimum atomic E-state index is 0.145. The molecule has 0 bridgehead atoms. The summed E-state index contributed by atoms with van der Waals surface area (Å²) < 4.78 is 0. The largest absolute Gasteiger partial charge is 0.398 e. The Morgan fingerprint density at radius 1 is 1.37 bits per heavy atom. The van der Waals surface area contributed by atoms with Gasteiger partial charge in [-0.05, 0) is 43.9 Å². The quantitative estimate of drug-likeness (QED) is 0.838. The van der Waals surface area contributed by atoms with Gasteiger partial charge in [0.1, 0.15) is 0 Å². The normalized spacial score (nSPS) is 15.4. The van der Waals surface area contributed by atoms with Gasteiger partial charge in [-0.2, -0.15) is 0 Å². The van der Waals surface area contributed by atoms with E-state index in [0.29, 0.717) is 17.3 Å². The molecule has 3 N–H and O–H groups in total. The molecule has 104 valence electrons. The number of rotatable bonds is 3. The molecule has 19 heavy (non-hydrogen) atoms. The third-order valence-corrected chi connectivity index (χ3v) is 3.81. The zero-order valence-corrected chi connectivity index (χ0v) is 12.0. The van der Waals surface area contributed by atoms with E-state index in [1.54, 1.807) is 6.07 Å². The minimum absolute atomic E-state index is 0.145. The van der Waals surface area contributed by atoms with Gasteiger partial charge in [0.05, 0.1) is 17.3 Å².